The summed E-state index contributed by atoms with van der Waals surface area (Å²) in [6.07, 6.45) is -0.485. The molecular weight excluding hydrogens is 276 g/mol. The topological polar surface area (TPSA) is 105 Å². The maximum absolute atomic E-state index is 12.2. The number of rotatable bonds is 7. The van der Waals surface area contributed by atoms with Crippen molar-refractivity contribution < 1.29 is 19.1 Å². The molecule has 0 unspecified atom stereocenters. The molecule has 0 aromatic heterocycles. The summed E-state index contributed by atoms with van der Waals surface area (Å²) in [6, 6.07) is -0.370. The first-order valence-corrected chi connectivity index (χ1v) is 6.87. The molecule has 120 valence electrons. The van der Waals surface area contributed by atoms with Crippen LogP contribution < -0.4 is 0 Å². The van der Waals surface area contributed by atoms with Crippen molar-refractivity contribution in [3.63, 3.8) is 0 Å². The van der Waals surface area contributed by atoms with Crippen LogP contribution in [0.2, 0.25) is 0 Å². The van der Waals surface area contributed by atoms with Gasteiger partial charge >= 0.3 is 12.1 Å². The van der Waals surface area contributed by atoms with E-state index in [0.717, 1.165) is 0 Å². The minimum Gasteiger partial charge on any atom is -0.466 e. The summed E-state index contributed by atoms with van der Waals surface area (Å²) in [6.45, 7) is 9.26. The molecule has 0 spiro atoms. The highest BCUT2D eigenvalue weighted by atomic mass is 16.6. The van der Waals surface area contributed by atoms with Crippen LogP contribution in [0, 0.1) is 0 Å². The molecular formula is C13H24N4O4. The fourth-order valence-corrected chi connectivity index (χ4v) is 1.51. The van der Waals surface area contributed by atoms with Gasteiger partial charge in [-0.25, -0.2) is 4.79 Å². The molecule has 0 aliphatic rings. The number of nitrogens with zero attached hydrogens (tertiary/aromatic N) is 4. The first-order chi connectivity index (χ1) is 9.71. The van der Waals surface area contributed by atoms with E-state index in [1.807, 2.05) is 0 Å². The van der Waals surface area contributed by atoms with Crippen LogP contribution in [0.15, 0.2) is 5.11 Å². The normalized spacial score (nSPS) is 12.0. The molecule has 0 N–H and O–H groups in total. The van der Waals surface area contributed by atoms with Gasteiger partial charge in [0.05, 0.1) is 13.0 Å². The van der Waals surface area contributed by atoms with Gasteiger partial charge in [0.15, 0.2) is 0 Å². The minimum absolute atomic E-state index is 0.0632. The third-order valence-electron chi connectivity index (χ3n) is 2.43. The van der Waals surface area contributed by atoms with Crippen LogP contribution in [0.5, 0.6) is 0 Å². The largest absolute Gasteiger partial charge is 0.466 e. The second kappa shape index (κ2) is 9.07. The highest BCUT2D eigenvalue weighted by Gasteiger charge is 2.26. The van der Waals surface area contributed by atoms with Crippen molar-refractivity contribution in [3.8, 4) is 0 Å². The van der Waals surface area contributed by atoms with E-state index >= 15 is 0 Å². The quantitative estimate of drug-likeness (QED) is 0.312. The molecule has 0 saturated carbocycles. The molecule has 0 aromatic carbocycles. The van der Waals surface area contributed by atoms with Gasteiger partial charge in [0.25, 0.3) is 0 Å². The van der Waals surface area contributed by atoms with E-state index in [2.05, 4.69) is 10.0 Å². The lowest BCUT2D eigenvalue weighted by Crippen LogP contribution is -2.44. The molecule has 0 rings (SSSR count). The van der Waals surface area contributed by atoms with Gasteiger partial charge in [-0.15, -0.1) is 0 Å². The Kier molecular flexibility index (Phi) is 8.23. The van der Waals surface area contributed by atoms with Crippen LogP contribution in [0.1, 0.15) is 41.0 Å². The SMILES string of the molecule is CCOC(=O)CCN(C(=O)OC(C)(C)C)[C@H](C)CN=[N+]=[N-]. The molecule has 0 aromatic rings. The first-order valence-electron chi connectivity index (χ1n) is 6.87. The zero-order valence-electron chi connectivity index (χ0n) is 13.3. The second-order valence-electron chi connectivity index (χ2n) is 5.49. The predicted molar refractivity (Wildman–Crippen MR) is 77.7 cm³/mol. The molecule has 0 radical (unpaired) electrons. The number of carbonyl (C=O) groups is 2. The highest BCUT2D eigenvalue weighted by Crippen LogP contribution is 2.13. The molecule has 0 aliphatic carbocycles. The fraction of sp³-hybridized carbons (Fsp3) is 0.846. The number of ether oxygens (including phenoxy) is 2. The lowest BCUT2D eigenvalue weighted by atomic mass is 10.2. The smallest absolute Gasteiger partial charge is 0.410 e. The average Bonchev–Trinajstić information content (AvgIpc) is 2.34. The number of hydrogen-bond donors (Lipinski definition) is 0. The van der Waals surface area contributed by atoms with Crippen molar-refractivity contribution in [2.45, 2.75) is 52.7 Å². The molecule has 0 aliphatic heterocycles. The third-order valence-corrected chi connectivity index (χ3v) is 2.43. The number of esters is 1. The maximum Gasteiger partial charge on any atom is 0.410 e. The van der Waals surface area contributed by atoms with Gasteiger partial charge in [-0.2, -0.15) is 0 Å². The fourth-order valence-electron chi connectivity index (χ4n) is 1.51. The molecule has 0 fully saturated rings. The molecule has 0 heterocycles. The number of amides is 1. The van der Waals surface area contributed by atoms with Gasteiger partial charge in [0.2, 0.25) is 0 Å². The van der Waals surface area contributed by atoms with Gasteiger partial charge in [0, 0.05) is 24.0 Å². The molecule has 8 nitrogen and oxygen atoms in total. The van der Waals surface area contributed by atoms with Crippen LogP contribution >= 0.6 is 0 Å². The Morgan fingerprint density at radius 2 is 2.00 bits per heavy atom. The summed E-state index contributed by atoms with van der Waals surface area (Å²) in [5.74, 6) is -0.387. The van der Waals surface area contributed by atoms with E-state index < -0.39 is 11.7 Å². The van der Waals surface area contributed by atoms with Crippen molar-refractivity contribution in [1.29, 1.82) is 0 Å². The van der Waals surface area contributed by atoms with Gasteiger partial charge in [-0.1, -0.05) is 5.11 Å². The number of carbonyl (C=O) groups excluding carboxylic acids is 2. The first kappa shape index (κ1) is 19.1. The van der Waals surface area contributed by atoms with Crippen LogP contribution in [0.4, 0.5) is 4.79 Å². The summed E-state index contributed by atoms with van der Waals surface area (Å²) in [4.78, 5) is 27.6. The zero-order valence-corrected chi connectivity index (χ0v) is 13.3. The summed E-state index contributed by atoms with van der Waals surface area (Å²) in [7, 11) is 0. The van der Waals surface area contributed by atoms with Gasteiger partial charge in [0.1, 0.15) is 5.60 Å². The lowest BCUT2D eigenvalue weighted by Gasteiger charge is -2.30. The second-order valence-corrected chi connectivity index (χ2v) is 5.49. The molecule has 1 amide bonds. The van der Waals surface area contributed by atoms with Gasteiger partial charge in [-0.05, 0) is 40.1 Å². The average molecular weight is 300 g/mol. The number of hydrogen-bond acceptors (Lipinski definition) is 5. The van der Waals surface area contributed by atoms with E-state index in [4.69, 9.17) is 15.0 Å². The highest BCUT2D eigenvalue weighted by molar-refractivity contribution is 5.72. The Balaban J connectivity index is 4.78. The molecule has 21 heavy (non-hydrogen) atoms. The number of azide groups is 1. The zero-order chi connectivity index (χ0) is 16.5. The Labute approximate surface area is 125 Å². The van der Waals surface area contributed by atoms with Gasteiger partial charge in [-0.3, -0.25) is 4.79 Å². The Hall–Kier alpha value is -1.95. The van der Waals surface area contributed by atoms with Crippen LogP contribution in [0.25, 0.3) is 10.4 Å². The van der Waals surface area contributed by atoms with Crippen molar-refractivity contribution >= 4 is 12.1 Å². The third kappa shape index (κ3) is 8.75. The Morgan fingerprint density at radius 3 is 2.48 bits per heavy atom. The molecule has 0 bridgehead atoms. The van der Waals surface area contributed by atoms with E-state index in [1.165, 1.54) is 4.90 Å². The summed E-state index contributed by atoms with van der Waals surface area (Å²) < 4.78 is 10.1. The minimum atomic E-state index is -0.641. The Bertz CT molecular complexity index is 399. The van der Waals surface area contributed by atoms with Crippen molar-refractivity contribution in [2.24, 2.45) is 5.11 Å². The van der Waals surface area contributed by atoms with E-state index in [0.29, 0.717) is 6.61 Å². The molecule has 8 heteroatoms. The standard InChI is InChI=1S/C13H24N4O4/c1-6-20-11(18)7-8-17(10(2)9-15-16-14)12(19)21-13(3,4)5/h10H,6-9H2,1-5H3/t10-/m1/s1. The van der Waals surface area contributed by atoms with Gasteiger partial charge < -0.3 is 14.4 Å². The van der Waals surface area contributed by atoms with Crippen molar-refractivity contribution in [1.82, 2.24) is 4.90 Å². The lowest BCUT2D eigenvalue weighted by molar-refractivity contribution is -0.143. The van der Waals surface area contributed by atoms with E-state index in [1.54, 1.807) is 34.6 Å². The summed E-state index contributed by atoms with van der Waals surface area (Å²) in [5.41, 5.74) is 7.72. The molecule has 1 atom stereocenters. The van der Waals surface area contributed by atoms with Crippen LogP contribution in [-0.4, -0.2) is 48.3 Å². The molecule has 0 saturated heterocycles. The summed E-state index contributed by atoms with van der Waals surface area (Å²) in [5, 5.41) is 3.45. The maximum atomic E-state index is 12.2. The van der Waals surface area contributed by atoms with Crippen LogP contribution in [0.3, 0.4) is 0 Å². The monoisotopic (exact) mass is 300 g/mol. The van der Waals surface area contributed by atoms with Crippen molar-refractivity contribution in [2.75, 3.05) is 19.7 Å². The van der Waals surface area contributed by atoms with E-state index in [9.17, 15) is 9.59 Å². The van der Waals surface area contributed by atoms with E-state index in [-0.39, 0.29) is 31.5 Å². The van der Waals surface area contributed by atoms with Crippen molar-refractivity contribution in [3.05, 3.63) is 10.4 Å². The van der Waals surface area contributed by atoms with Crippen LogP contribution in [-0.2, 0) is 14.3 Å². The summed E-state index contributed by atoms with van der Waals surface area (Å²) >= 11 is 0. The Morgan fingerprint density at radius 1 is 1.38 bits per heavy atom. The predicted octanol–water partition coefficient (Wildman–Crippen LogP) is 2.88.